The second-order valence-electron chi connectivity index (χ2n) is 4.31. The molecule has 2 rings (SSSR count). The van der Waals surface area contributed by atoms with E-state index in [2.05, 4.69) is 4.99 Å². The maximum absolute atomic E-state index is 13.2. The van der Waals surface area contributed by atoms with Crippen LogP contribution in [-0.2, 0) is 0 Å². The van der Waals surface area contributed by atoms with Crippen LogP contribution in [0.5, 0.6) is 5.75 Å². The number of nitrogens with zero attached hydrogens (tertiary/aromatic N) is 1. The summed E-state index contributed by atoms with van der Waals surface area (Å²) in [6, 6.07) is 10.1. The van der Waals surface area contributed by atoms with Gasteiger partial charge < -0.3 is 4.74 Å². The first-order valence-electron chi connectivity index (χ1n) is 6.32. The van der Waals surface area contributed by atoms with E-state index >= 15 is 0 Å². The van der Waals surface area contributed by atoms with Crippen molar-refractivity contribution in [3.05, 3.63) is 58.4 Å². The summed E-state index contributed by atoms with van der Waals surface area (Å²) in [7, 11) is 0. The standard InChI is InChI=1S/C16H15ClFNO/c1-3-20-16-7-4-13(17)9-12(16)10-19-14-5-6-15(18)11(2)8-14/h4-10H,3H2,1-2H3. The second kappa shape index (κ2) is 6.53. The summed E-state index contributed by atoms with van der Waals surface area (Å²) in [5.41, 5.74) is 2.04. The molecular formula is C16H15ClFNO. The predicted molar refractivity (Wildman–Crippen MR) is 81.0 cm³/mol. The van der Waals surface area contributed by atoms with Crippen molar-refractivity contribution in [3.63, 3.8) is 0 Å². The van der Waals surface area contributed by atoms with Gasteiger partial charge in [-0.25, -0.2) is 4.39 Å². The Labute approximate surface area is 122 Å². The Morgan fingerprint density at radius 1 is 1.25 bits per heavy atom. The number of halogens is 2. The molecule has 2 nitrogen and oxygen atoms in total. The summed E-state index contributed by atoms with van der Waals surface area (Å²) in [6.45, 7) is 4.19. The van der Waals surface area contributed by atoms with Crippen LogP contribution in [0.2, 0.25) is 5.02 Å². The van der Waals surface area contributed by atoms with Crippen LogP contribution in [0.15, 0.2) is 41.4 Å². The van der Waals surface area contributed by atoms with Crippen LogP contribution in [0, 0.1) is 12.7 Å². The average Bonchev–Trinajstić information content (AvgIpc) is 2.43. The maximum Gasteiger partial charge on any atom is 0.128 e. The van der Waals surface area contributed by atoms with Crippen molar-refractivity contribution in [3.8, 4) is 5.75 Å². The zero-order valence-electron chi connectivity index (χ0n) is 11.4. The summed E-state index contributed by atoms with van der Waals surface area (Å²) >= 11 is 5.98. The first-order valence-corrected chi connectivity index (χ1v) is 6.70. The fraction of sp³-hybridized carbons (Fsp3) is 0.188. The van der Waals surface area contributed by atoms with Gasteiger partial charge in [-0.2, -0.15) is 0 Å². The monoisotopic (exact) mass is 291 g/mol. The number of aryl methyl sites for hydroxylation is 1. The van der Waals surface area contributed by atoms with Gasteiger partial charge in [0.2, 0.25) is 0 Å². The molecule has 0 unspecified atom stereocenters. The lowest BCUT2D eigenvalue weighted by molar-refractivity contribution is 0.340. The molecule has 104 valence electrons. The third kappa shape index (κ3) is 3.58. The molecule has 0 amide bonds. The summed E-state index contributed by atoms with van der Waals surface area (Å²) in [6.07, 6.45) is 1.67. The van der Waals surface area contributed by atoms with Crippen molar-refractivity contribution >= 4 is 23.5 Å². The number of aliphatic imine (C=N–C) groups is 1. The third-order valence-corrected chi connectivity index (χ3v) is 3.00. The van der Waals surface area contributed by atoms with E-state index in [1.807, 2.05) is 13.0 Å². The minimum atomic E-state index is -0.235. The molecule has 0 aliphatic heterocycles. The van der Waals surface area contributed by atoms with E-state index in [9.17, 15) is 4.39 Å². The summed E-state index contributed by atoms with van der Waals surface area (Å²) in [4.78, 5) is 4.33. The predicted octanol–water partition coefficient (Wildman–Crippen LogP) is 4.94. The van der Waals surface area contributed by atoms with Gasteiger partial charge in [0.15, 0.2) is 0 Å². The van der Waals surface area contributed by atoms with Gasteiger partial charge in [-0.1, -0.05) is 11.6 Å². The van der Waals surface area contributed by atoms with E-state index in [0.29, 0.717) is 22.9 Å². The number of ether oxygens (including phenoxy) is 1. The smallest absolute Gasteiger partial charge is 0.128 e. The normalized spacial score (nSPS) is 11.0. The van der Waals surface area contributed by atoms with Crippen LogP contribution >= 0.6 is 11.6 Å². The molecule has 0 saturated heterocycles. The fourth-order valence-electron chi connectivity index (χ4n) is 1.76. The number of benzene rings is 2. The van der Waals surface area contributed by atoms with Gasteiger partial charge in [0, 0.05) is 16.8 Å². The Balaban J connectivity index is 2.30. The molecular weight excluding hydrogens is 277 g/mol. The van der Waals surface area contributed by atoms with Crippen molar-refractivity contribution in [2.75, 3.05) is 6.61 Å². The van der Waals surface area contributed by atoms with E-state index in [1.54, 1.807) is 37.4 Å². The van der Waals surface area contributed by atoms with Crippen molar-refractivity contribution in [2.45, 2.75) is 13.8 Å². The lowest BCUT2D eigenvalue weighted by Crippen LogP contribution is -1.95. The number of rotatable bonds is 4. The average molecular weight is 292 g/mol. The number of hydrogen-bond acceptors (Lipinski definition) is 2. The molecule has 0 aliphatic carbocycles. The molecule has 2 aromatic carbocycles. The number of hydrogen-bond donors (Lipinski definition) is 0. The van der Waals surface area contributed by atoms with Crippen molar-refractivity contribution < 1.29 is 9.13 Å². The summed E-state index contributed by atoms with van der Waals surface area (Å²) < 4.78 is 18.7. The van der Waals surface area contributed by atoms with Crippen LogP contribution in [0.25, 0.3) is 0 Å². The van der Waals surface area contributed by atoms with Crippen LogP contribution in [-0.4, -0.2) is 12.8 Å². The molecule has 0 aromatic heterocycles. The van der Waals surface area contributed by atoms with Gasteiger partial charge in [-0.3, -0.25) is 4.99 Å². The molecule has 20 heavy (non-hydrogen) atoms. The van der Waals surface area contributed by atoms with E-state index in [0.717, 1.165) is 11.3 Å². The first-order chi connectivity index (χ1) is 9.60. The van der Waals surface area contributed by atoms with Crippen LogP contribution < -0.4 is 4.74 Å². The van der Waals surface area contributed by atoms with Crippen molar-refractivity contribution in [2.24, 2.45) is 4.99 Å². The van der Waals surface area contributed by atoms with Crippen LogP contribution in [0.4, 0.5) is 10.1 Å². The summed E-state index contributed by atoms with van der Waals surface area (Å²) in [5, 5.41) is 0.616. The Bertz CT molecular complexity index is 640. The molecule has 4 heteroatoms. The highest BCUT2D eigenvalue weighted by molar-refractivity contribution is 6.30. The van der Waals surface area contributed by atoms with Gasteiger partial charge in [0.05, 0.1) is 12.3 Å². The second-order valence-corrected chi connectivity index (χ2v) is 4.74. The quantitative estimate of drug-likeness (QED) is 0.731. The lowest BCUT2D eigenvalue weighted by Gasteiger charge is -2.07. The highest BCUT2D eigenvalue weighted by Gasteiger charge is 2.02. The van der Waals surface area contributed by atoms with Crippen molar-refractivity contribution in [1.29, 1.82) is 0 Å². The van der Waals surface area contributed by atoms with Crippen molar-refractivity contribution in [1.82, 2.24) is 0 Å². The third-order valence-electron chi connectivity index (χ3n) is 2.77. The van der Waals surface area contributed by atoms with E-state index in [-0.39, 0.29) is 5.82 Å². The molecule has 0 atom stereocenters. The van der Waals surface area contributed by atoms with E-state index in [1.165, 1.54) is 6.07 Å². The summed E-state index contributed by atoms with van der Waals surface area (Å²) in [5.74, 6) is 0.487. The Kier molecular flexibility index (Phi) is 4.74. The van der Waals surface area contributed by atoms with Gasteiger partial charge in [0.25, 0.3) is 0 Å². The molecule has 2 aromatic rings. The molecule has 0 fully saturated rings. The molecule has 0 spiro atoms. The van der Waals surface area contributed by atoms with Gasteiger partial charge >= 0.3 is 0 Å². The zero-order chi connectivity index (χ0) is 14.5. The molecule has 0 aliphatic rings. The van der Waals surface area contributed by atoms with Gasteiger partial charge in [-0.05, 0) is 55.8 Å². The topological polar surface area (TPSA) is 21.6 Å². The SMILES string of the molecule is CCOc1ccc(Cl)cc1C=Nc1ccc(F)c(C)c1. The zero-order valence-corrected chi connectivity index (χ0v) is 12.1. The Morgan fingerprint density at radius 3 is 2.75 bits per heavy atom. The maximum atomic E-state index is 13.2. The van der Waals surface area contributed by atoms with Crippen LogP contribution in [0.1, 0.15) is 18.1 Å². The van der Waals surface area contributed by atoms with Gasteiger partial charge in [-0.15, -0.1) is 0 Å². The Hall–Kier alpha value is -1.87. The first kappa shape index (κ1) is 14.5. The van der Waals surface area contributed by atoms with Gasteiger partial charge in [0.1, 0.15) is 11.6 Å². The largest absolute Gasteiger partial charge is 0.493 e. The molecule has 0 radical (unpaired) electrons. The fourth-order valence-corrected chi connectivity index (χ4v) is 1.94. The van der Waals surface area contributed by atoms with Crippen LogP contribution in [0.3, 0.4) is 0 Å². The minimum absolute atomic E-state index is 0.235. The highest BCUT2D eigenvalue weighted by Crippen LogP contribution is 2.23. The molecule has 0 bridgehead atoms. The van der Waals surface area contributed by atoms with E-state index in [4.69, 9.17) is 16.3 Å². The highest BCUT2D eigenvalue weighted by atomic mass is 35.5. The molecule has 0 N–H and O–H groups in total. The lowest BCUT2D eigenvalue weighted by atomic mass is 10.2. The Morgan fingerprint density at radius 2 is 2.05 bits per heavy atom. The van der Waals surface area contributed by atoms with E-state index < -0.39 is 0 Å². The minimum Gasteiger partial charge on any atom is -0.493 e. The molecule has 0 saturated carbocycles. The molecule has 0 heterocycles.